The van der Waals surface area contributed by atoms with Gasteiger partial charge in [-0.25, -0.2) is 4.79 Å². The largest absolute Gasteiger partial charge is 0.483 e. The van der Waals surface area contributed by atoms with E-state index in [-0.39, 0.29) is 25.0 Å². The summed E-state index contributed by atoms with van der Waals surface area (Å²) >= 11 is 7.36. The number of hydrogen-bond donors (Lipinski definition) is 1. The molecule has 0 saturated carbocycles. The molecule has 0 unspecified atom stereocenters. The first-order valence-corrected chi connectivity index (χ1v) is 12.0. The van der Waals surface area contributed by atoms with Crippen LogP contribution in [0.3, 0.4) is 0 Å². The molecule has 7 heteroatoms. The van der Waals surface area contributed by atoms with Gasteiger partial charge in [-0.05, 0) is 61.6 Å². The highest BCUT2D eigenvalue weighted by Crippen LogP contribution is 2.40. The van der Waals surface area contributed by atoms with Gasteiger partial charge in [0, 0.05) is 15.5 Å². The van der Waals surface area contributed by atoms with E-state index in [1.165, 1.54) is 11.3 Å². The van der Waals surface area contributed by atoms with Crippen LogP contribution in [-0.4, -0.2) is 25.1 Å². The van der Waals surface area contributed by atoms with Crippen LogP contribution in [0.2, 0.25) is 5.02 Å². The van der Waals surface area contributed by atoms with Crippen molar-refractivity contribution in [2.75, 3.05) is 18.5 Å². The smallest absolute Gasteiger partial charge is 0.341 e. The molecule has 0 saturated heterocycles. The van der Waals surface area contributed by atoms with Gasteiger partial charge in [-0.3, -0.25) is 4.79 Å². The van der Waals surface area contributed by atoms with E-state index in [2.05, 4.69) is 19.2 Å². The van der Waals surface area contributed by atoms with Crippen molar-refractivity contribution in [1.29, 1.82) is 0 Å². The molecule has 0 aliphatic heterocycles. The summed E-state index contributed by atoms with van der Waals surface area (Å²) in [4.78, 5) is 26.5. The number of anilines is 1. The Morgan fingerprint density at radius 1 is 1.09 bits per heavy atom. The Morgan fingerprint density at radius 2 is 1.79 bits per heavy atom. The molecule has 5 nitrogen and oxygen atoms in total. The molecule has 0 radical (unpaired) electrons. The van der Waals surface area contributed by atoms with Crippen LogP contribution in [0.1, 0.15) is 53.1 Å². The Bertz CT molecular complexity index is 1150. The molecule has 1 N–H and O–H groups in total. The molecule has 33 heavy (non-hydrogen) atoms. The van der Waals surface area contributed by atoms with E-state index >= 15 is 0 Å². The van der Waals surface area contributed by atoms with Gasteiger partial charge in [-0.2, -0.15) is 0 Å². The van der Waals surface area contributed by atoms with E-state index in [4.69, 9.17) is 21.1 Å². The highest BCUT2D eigenvalue weighted by molar-refractivity contribution is 7.17. The van der Waals surface area contributed by atoms with Crippen LogP contribution in [0, 0.1) is 13.8 Å². The fourth-order valence-electron chi connectivity index (χ4n) is 3.54. The summed E-state index contributed by atoms with van der Waals surface area (Å²) in [5, 5.41) is 3.90. The number of hydrogen-bond acceptors (Lipinski definition) is 5. The molecule has 3 aromatic rings. The minimum atomic E-state index is -0.483. The third-order valence-corrected chi connectivity index (χ3v) is 6.37. The van der Waals surface area contributed by atoms with Gasteiger partial charge < -0.3 is 14.8 Å². The first-order chi connectivity index (χ1) is 15.7. The van der Waals surface area contributed by atoms with Crippen LogP contribution in [0.5, 0.6) is 5.75 Å². The molecule has 0 aliphatic rings. The Balaban J connectivity index is 1.87. The van der Waals surface area contributed by atoms with Crippen LogP contribution in [0.4, 0.5) is 5.00 Å². The second kappa shape index (κ2) is 10.9. The van der Waals surface area contributed by atoms with Crippen molar-refractivity contribution in [3.63, 3.8) is 0 Å². The maximum Gasteiger partial charge on any atom is 0.341 e. The Labute approximate surface area is 203 Å². The van der Waals surface area contributed by atoms with Crippen molar-refractivity contribution in [2.45, 2.75) is 40.5 Å². The molecular formula is C26H28ClNO4S. The summed E-state index contributed by atoms with van der Waals surface area (Å²) in [6.07, 6.45) is 0. The third kappa shape index (κ3) is 5.95. The predicted octanol–water partition coefficient (Wildman–Crippen LogP) is 7.00. The summed E-state index contributed by atoms with van der Waals surface area (Å²) < 4.78 is 11.2. The van der Waals surface area contributed by atoms with Crippen LogP contribution in [0.15, 0.2) is 42.5 Å². The lowest BCUT2D eigenvalue weighted by Gasteiger charge is -2.15. The molecule has 3 rings (SSSR count). The van der Waals surface area contributed by atoms with Crippen LogP contribution < -0.4 is 10.1 Å². The topological polar surface area (TPSA) is 64.6 Å². The number of esters is 1. The van der Waals surface area contributed by atoms with Gasteiger partial charge >= 0.3 is 5.97 Å². The van der Waals surface area contributed by atoms with E-state index in [9.17, 15) is 9.59 Å². The Kier molecular flexibility index (Phi) is 8.16. The second-order valence-electron chi connectivity index (χ2n) is 8.00. The minimum absolute atomic E-state index is 0.168. The summed E-state index contributed by atoms with van der Waals surface area (Å²) in [6, 6.07) is 13.2. The van der Waals surface area contributed by atoms with Crippen molar-refractivity contribution >= 4 is 39.8 Å². The van der Waals surface area contributed by atoms with Crippen molar-refractivity contribution < 1.29 is 19.1 Å². The maximum atomic E-state index is 12.8. The van der Waals surface area contributed by atoms with Crippen LogP contribution in [0.25, 0.3) is 11.1 Å². The molecule has 0 fully saturated rings. The number of carbonyl (C=O) groups excluding carboxylic acids is 2. The SMILES string of the molecule is CCOC(=O)c1c(NC(=O)COc2cc(C)ccc2C(C)C)sc(C)c1-c1ccc(Cl)cc1. The van der Waals surface area contributed by atoms with E-state index in [1.54, 1.807) is 19.1 Å². The number of nitrogens with one attached hydrogen (secondary N) is 1. The molecule has 0 spiro atoms. The lowest BCUT2D eigenvalue weighted by molar-refractivity contribution is -0.118. The normalized spacial score (nSPS) is 10.9. The van der Waals surface area contributed by atoms with Gasteiger partial charge in [0.05, 0.1) is 6.61 Å². The number of halogens is 1. The Morgan fingerprint density at radius 3 is 2.42 bits per heavy atom. The zero-order valence-electron chi connectivity index (χ0n) is 19.5. The average molecular weight is 486 g/mol. The fourth-order valence-corrected chi connectivity index (χ4v) is 4.75. The second-order valence-corrected chi connectivity index (χ2v) is 9.66. The number of benzene rings is 2. The molecule has 1 amide bonds. The zero-order valence-corrected chi connectivity index (χ0v) is 21.0. The first kappa shape index (κ1) is 24.8. The highest BCUT2D eigenvalue weighted by Gasteiger charge is 2.25. The zero-order chi connectivity index (χ0) is 24.1. The Hall–Kier alpha value is -2.83. The number of thiophene rings is 1. The van der Waals surface area contributed by atoms with Crippen molar-refractivity contribution in [1.82, 2.24) is 0 Å². The molecule has 0 atom stereocenters. The van der Waals surface area contributed by atoms with Crippen molar-refractivity contribution in [3.8, 4) is 16.9 Å². The predicted molar refractivity (Wildman–Crippen MR) is 135 cm³/mol. The number of rotatable bonds is 8. The quantitative estimate of drug-likeness (QED) is 0.349. The number of amides is 1. The summed E-state index contributed by atoms with van der Waals surface area (Å²) in [7, 11) is 0. The summed E-state index contributed by atoms with van der Waals surface area (Å²) in [6.45, 7) is 9.86. The number of ether oxygens (including phenoxy) is 2. The fraction of sp³-hybridized carbons (Fsp3) is 0.308. The number of aryl methyl sites for hydroxylation is 2. The van der Waals surface area contributed by atoms with Crippen molar-refractivity contribution in [2.24, 2.45) is 0 Å². The van der Waals surface area contributed by atoms with Crippen LogP contribution in [-0.2, 0) is 9.53 Å². The van der Waals surface area contributed by atoms with Gasteiger partial charge in [0.2, 0.25) is 0 Å². The summed E-state index contributed by atoms with van der Waals surface area (Å²) in [5.74, 6) is 0.125. The van der Waals surface area contributed by atoms with E-state index in [0.717, 1.165) is 27.1 Å². The highest BCUT2D eigenvalue weighted by atomic mass is 35.5. The van der Waals surface area contributed by atoms with Gasteiger partial charge in [-0.1, -0.05) is 49.7 Å². The lowest BCUT2D eigenvalue weighted by Crippen LogP contribution is -2.21. The first-order valence-electron chi connectivity index (χ1n) is 10.8. The number of carbonyl (C=O) groups is 2. The van der Waals surface area contributed by atoms with Gasteiger partial charge in [0.25, 0.3) is 5.91 Å². The van der Waals surface area contributed by atoms with Crippen molar-refractivity contribution in [3.05, 3.63) is 69.1 Å². The summed E-state index contributed by atoms with van der Waals surface area (Å²) in [5.41, 5.74) is 3.99. The van der Waals surface area contributed by atoms with E-state index in [1.807, 2.05) is 44.2 Å². The molecular weight excluding hydrogens is 458 g/mol. The van der Waals surface area contributed by atoms with Crippen LogP contribution >= 0.6 is 22.9 Å². The van der Waals surface area contributed by atoms with Gasteiger partial charge in [-0.15, -0.1) is 11.3 Å². The lowest BCUT2D eigenvalue weighted by atomic mass is 10.0. The molecule has 2 aromatic carbocycles. The third-order valence-electron chi connectivity index (χ3n) is 5.10. The average Bonchev–Trinajstić information content (AvgIpc) is 3.08. The molecule has 1 heterocycles. The molecule has 0 bridgehead atoms. The van der Waals surface area contributed by atoms with E-state index < -0.39 is 5.97 Å². The molecule has 0 aliphatic carbocycles. The standard InChI is InChI=1S/C26H28ClNO4S/c1-6-31-26(30)24-23(18-8-10-19(27)11-9-18)17(5)33-25(24)28-22(29)14-32-21-13-16(4)7-12-20(21)15(2)3/h7-13,15H,6,14H2,1-5H3,(H,28,29). The molecule has 174 valence electrons. The monoisotopic (exact) mass is 485 g/mol. The minimum Gasteiger partial charge on any atom is -0.483 e. The van der Waals surface area contributed by atoms with Gasteiger partial charge in [0.15, 0.2) is 6.61 Å². The van der Waals surface area contributed by atoms with E-state index in [0.29, 0.717) is 21.3 Å². The van der Waals surface area contributed by atoms with Gasteiger partial charge in [0.1, 0.15) is 16.3 Å². The molecule has 1 aromatic heterocycles. The maximum absolute atomic E-state index is 12.8.